The number of hydrogen-bond donors (Lipinski definition) is 1. The van der Waals surface area contributed by atoms with Crippen molar-refractivity contribution in [2.45, 2.75) is 65.3 Å². The van der Waals surface area contributed by atoms with E-state index in [1.165, 1.54) is 6.42 Å². The SMILES string of the molecule is CCC1CCCC(Cc2ccn(C(C)C)n2)(C(=O)O)C1. The molecule has 4 nitrogen and oxygen atoms in total. The van der Waals surface area contributed by atoms with Gasteiger partial charge in [0.15, 0.2) is 0 Å². The summed E-state index contributed by atoms with van der Waals surface area (Å²) in [5, 5.41) is 14.3. The molecule has 0 spiro atoms. The van der Waals surface area contributed by atoms with E-state index in [4.69, 9.17) is 0 Å². The molecular weight excluding hydrogens is 252 g/mol. The Morgan fingerprint density at radius 1 is 1.60 bits per heavy atom. The summed E-state index contributed by atoms with van der Waals surface area (Å²) in [6.07, 6.45) is 7.38. The lowest BCUT2D eigenvalue weighted by Crippen LogP contribution is -2.38. The second kappa shape index (κ2) is 5.98. The second-order valence-electron chi connectivity index (χ2n) is 6.51. The van der Waals surface area contributed by atoms with Crippen LogP contribution in [0.3, 0.4) is 0 Å². The van der Waals surface area contributed by atoms with Crippen molar-refractivity contribution in [1.29, 1.82) is 0 Å². The van der Waals surface area contributed by atoms with Crippen molar-refractivity contribution < 1.29 is 9.90 Å². The van der Waals surface area contributed by atoms with E-state index in [1.807, 2.05) is 16.9 Å². The van der Waals surface area contributed by atoms with Crippen LogP contribution in [0.25, 0.3) is 0 Å². The summed E-state index contributed by atoms with van der Waals surface area (Å²) in [6, 6.07) is 2.29. The summed E-state index contributed by atoms with van der Waals surface area (Å²) in [5.74, 6) is -0.0956. The van der Waals surface area contributed by atoms with Gasteiger partial charge in [-0.25, -0.2) is 0 Å². The fraction of sp³-hybridized carbons (Fsp3) is 0.750. The van der Waals surface area contributed by atoms with Gasteiger partial charge in [-0.2, -0.15) is 5.10 Å². The molecule has 0 bridgehead atoms. The molecule has 0 aromatic carbocycles. The maximum absolute atomic E-state index is 11.8. The van der Waals surface area contributed by atoms with E-state index in [9.17, 15) is 9.90 Å². The van der Waals surface area contributed by atoms with E-state index in [2.05, 4.69) is 25.9 Å². The van der Waals surface area contributed by atoms with Gasteiger partial charge in [-0.05, 0) is 38.7 Å². The van der Waals surface area contributed by atoms with E-state index in [1.54, 1.807) is 0 Å². The van der Waals surface area contributed by atoms with Gasteiger partial charge in [-0.15, -0.1) is 0 Å². The monoisotopic (exact) mass is 278 g/mol. The number of nitrogens with zero attached hydrogens (tertiary/aromatic N) is 2. The first kappa shape index (κ1) is 15.1. The Labute approximate surface area is 121 Å². The molecule has 1 aromatic heterocycles. The Morgan fingerprint density at radius 2 is 2.35 bits per heavy atom. The molecule has 20 heavy (non-hydrogen) atoms. The lowest BCUT2D eigenvalue weighted by molar-refractivity contribution is -0.152. The molecule has 0 radical (unpaired) electrons. The highest BCUT2D eigenvalue weighted by atomic mass is 16.4. The van der Waals surface area contributed by atoms with Crippen LogP contribution in [0, 0.1) is 11.3 Å². The van der Waals surface area contributed by atoms with Crippen LogP contribution in [0.15, 0.2) is 12.3 Å². The number of carboxylic acids is 1. The van der Waals surface area contributed by atoms with Gasteiger partial charge in [0.1, 0.15) is 0 Å². The standard InChI is InChI=1S/C16H26N2O2/c1-4-13-6-5-8-16(10-13,15(19)20)11-14-7-9-18(17-14)12(2)3/h7,9,12-13H,4-6,8,10-11H2,1-3H3,(H,19,20). The Hall–Kier alpha value is -1.32. The molecule has 2 rings (SSSR count). The fourth-order valence-electron chi connectivity index (χ4n) is 3.37. The van der Waals surface area contributed by atoms with Crippen LogP contribution in [-0.2, 0) is 11.2 Å². The Kier molecular flexibility index (Phi) is 4.51. The number of aromatic nitrogens is 2. The van der Waals surface area contributed by atoms with Crippen molar-refractivity contribution in [1.82, 2.24) is 9.78 Å². The maximum Gasteiger partial charge on any atom is 0.310 e. The van der Waals surface area contributed by atoms with Crippen molar-refractivity contribution >= 4 is 5.97 Å². The van der Waals surface area contributed by atoms with Crippen molar-refractivity contribution in [3.05, 3.63) is 18.0 Å². The third-order valence-electron chi connectivity index (χ3n) is 4.69. The van der Waals surface area contributed by atoms with E-state index >= 15 is 0 Å². The number of carboxylic acid groups (broad SMARTS) is 1. The van der Waals surface area contributed by atoms with Crippen LogP contribution in [0.5, 0.6) is 0 Å². The van der Waals surface area contributed by atoms with Crippen LogP contribution >= 0.6 is 0 Å². The Morgan fingerprint density at radius 3 is 2.90 bits per heavy atom. The summed E-state index contributed by atoms with van der Waals surface area (Å²) in [4.78, 5) is 11.8. The fourth-order valence-corrected chi connectivity index (χ4v) is 3.37. The molecule has 1 aliphatic rings. The summed E-state index contributed by atoms with van der Waals surface area (Å²) in [7, 11) is 0. The topological polar surface area (TPSA) is 55.1 Å². The van der Waals surface area contributed by atoms with Gasteiger partial charge in [0.05, 0.1) is 11.1 Å². The molecule has 2 unspecified atom stereocenters. The van der Waals surface area contributed by atoms with Crippen LogP contribution in [-0.4, -0.2) is 20.9 Å². The van der Waals surface area contributed by atoms with Gasteiger partial charge in [-0.1, -0.05) is 26.2 Å². The normalized spacial score (nSPS) is 26.9. The smallest absolute Gasteiger partial charge is 0.310 e. The molecule has 0 saturated heterocycles. The predicted octanol–water partition coefficient (Wildman–Crippen LogP) is 3.68. The predicted molar refractivity (Wildman–Crippen MR) is 78.6 cm³/mol. The van der Waals surface area contributed by atoms with Gasteiger partial charge < -0.3 is 5.11 Å². The minimum atomic E-state index is -0.644. The van der Waals surface area contributed by atoms with Gasteiger partial charge in [0, 0.05) is 18.7 Å². The number of aliphatic carboxylic acids is 1. The number of hydrogen-bond acceptors (Lipinski definition) is 2. The van der Waals surface area contributed by atoms with E-state index in [-0.39, 0.29) is 0 Å². The van der Waals surface area contributed by atoms with Gasteiger partial charge >= 0.3 is 5.97 Å². The van der Waals surface area contributed by atoms with Gasteiger partial charge in [0.2, 0.25) is 0 Å². The van der Waals surface area contributed by atoms with Crippen LogP contribution in [0.4, 0.5) is 0 Å². The first-order chi connectivity index (χ1) is 9.47. The van der Waals surface area contributed by atoms with Crippen molar-refractivity contribution in [3.8, 4) is 0 Å². The minimum Gasteiger partial charge on any atom is -0.481 e. The molecule has 1 saturated carbocycles. The molecular formula is C16H26N2O2. The maximum atomic E-state index is 11.8. The van der Waals surface area contributed by atoms with Crippen molar-refractivity contribution in [2.75, 3.05) is 0 Å². The van der Waals surface area contributed by atoms with E-state index in [0.717, 1.165) is 31.4 Å². The molecule has 4 heteroatoms. The zero-order valence-electron chi connectivity index (χ0n) is 12.8. The lowest BCUT2D eigenvalue weighted by atomic mass is 9.66. The van der Waals surface area contributed by atoms with Gasteiger partial charge in [0.25, 0.3) is 0 Å². The summed E-state index contributed by atoms with van der Waals surface area (Å²) >= 11 is 0. The first-order valence-electron chi connectivity index (χ1n) is 7.74. The lowest BCUT2D eigenvalue weighted by Gasteiger charge is -2.37. The molecule has 0 aliphatic heterocycles. The minimum absolute atomic E-state index is 0.319. The molecule has 112 valence electrons. The first-order valence-corrected chi connectivity index (χ1v) is 7.74. The molecule has 2 atom stereocenters. The third-order valence-corrected chi connectivity index (χ3v) is 4.69. The molecule has 1 N–H and O–H groups in total. The molecule has 1 aliphatic carbocycles. The van der Waals surface area contributed by atoms with Crippen LogP contribution in [0.2, 0.25) is 0 Å². The highest BCUT2D eigenvalue weighted by Crippen LogP contribution is 2.43. The Balaban J connectivity index is 2.18. The third kappa shape index (κ3) is 3.05. The van der Waals surface area contributed by atoms with Crippen LogP contribution in [0.1, 0.15) is 64.6 Å². The molecule has 1 aromatic rings. The van der Waals surface area contributed by atoms with Gasteiger partial charge in [-0.3, -0.25) is 9.48 Å². The zero-order valence-corrected chi connectivity index (χ0v) is 12.8. The highest BCUT2D eigenvalue weighted by molar-refractivity contribution is 5.75. The molecule has 0 amide bonds. The molecule has 1 heterocycles. The Bertz CT molecular complexity index is 467. The van der Waals surface area contributed by atoms with Crippen molar-refractivity contribution in [2.24, 2.45) is 11.3 Å². The molecule has 1 fully saturated rings. The summed E-state index contributed by atoms with van der Waals surface area (Å²) in [5.41, 5.74) is 0.313. The average Bonchev–Trinajstić information content (AvgIpc) is 2.87. The number of carbonyl (C=O) groups is 1. The quantitative estimate of drug-likeness (QED) is 0.894. The van der Waals surface area contributed by atoms with Crippen molar-refractivity contribution in [3.63, 3.8) is 0 Å². The van der Waals surface area contributed by atoms with E-state index < -0.39 is 11.4 Å². The zero-order chi connectivity index (χ0) is 14.8. The second-order valence-corrected chi connectivity index (χ2v) is 6.51. The highest BCUT2D eigenvalue weighted by Gasteiger charge is 2.43. The average molecular weight is 278 g/mol. The summed E-state index contributed by atoms with van der Waals surface area (Å²) < 4.78 is 1.91. The van der Waals surface area contributed by atoms with E-state index in [0.29, 0.717) is 18.4 Å². The van der Waals surface area contributed by atoms with Crippen LogP contribution < -0.4 is 0 Å². The summed E-state index contributed by atoms with van der Waals surface area (Å²) in [6.45, 7) is 6.32. The number of rotatable bonds is 5. The largest absolute Gasteiger partial charge is 0.481 e.